The Hall–Kier alpha value is -5.52. The van der Waals surface area contributed by atoms with Gasteiger partial charge in [0.2, 0.25) is 0 Å². The number of aromatic carboxylic acids is 4. The van der Waals surface area contributed by atoms with Crippen LogP contribution >= 0.6 is 0 Å². The van der Waals surface area contributed by atoms with E-state index >= 15 is 0 Å². The molecule has 12 nitrogen and oxygen atoms in total. The van der Waals surface area contributed by atoms with Crippen LogP contribution in [0.15, 0.2) is 48.5 Å². The lowest BCUT2D eigenvalue weighted by molar-refractivity contribution is 0.0644. The molecule has 4 aromatic carbocycles. The van der Waals surface area contributed by atoms with Crippen LogP contribution in [0, 0.1) is 0 Å². The van der Waals surface area contributed by atoms with Crippen molar-refractivity contribution < 1.29 is 58.6 Å². The number of benzene rings is 4. The number of carboxylic acid groups (broad SMARTS) is 4. The van der Waals surface area contributed by atoms with Crippen molar-refractivity contribution in [3.05, 3.63) is 70.8 Å². The van der Waals surface area contributed by atoms with Crippen molar-refractivity contribution in [2.75, 3.05) is 26.4 Å². The first kappa shape index (κ1) is 36.9. The number of ether oxygens (including phenoxy) is 4. The fourth-order valence-corrected chi connectivity index (χ4v) is 4.98. The molecule has 0 aromatic heterocycles. The summed E-state index contributed by atoms with van der Waals surface area (Å²) in [5.41, 5.74) is -1.50. The minimum atomic E-state index is -1.36. The summed E-state index contributed by atoms with van der Waals surface area (Å²) in [5.74, 6) is -5.14. The zero-order chi connectivity index (χ0) is 35.4. The van der Waals surface area contributed by atoms with Crippen molar-refractivity contribution >= 4 is 45.4 Å². The van der Waals surface area contributed by atoms with Gasteiger partial charge in [-0.2, -0.15) is 0 Å². The number of carboxylic acids is 4. The van der Waals surface area contributed by atoms with E-state index in [0.717, 1.165) is 0 Å². The van der Waals surface area contributed by atoms with Gasteiger partial charge < -0.3 is 39.4 Å². The number of hydrogen-bond acceptors (Lipinski definition) is 8. The van der Waals surface area contributed by atoms with Crippen LogP contribution in [0.1, 0.15) is 94.8 Å². The minimum absolute atomic E-state index is 0.0706. The highest BCUT2D eigenvalue weighted by Gasteiger charge is 2.31. The van der Waals surface area contributed by atoms with Gasteiger partial charge in [-0.3, -0.25) is 0 Å². The van der Waals surface area contributed by atoms with Gasteiger partial charge in [0, 0.05) is 21.5 Å². The number of carbonyl (C=O) groups is 4. The van der Waals surface area contributed by atoms with Gasteiger partial charge in [0.1, 0.15) is 45.3 Å². The van der Waals surface area contributed by atoms with Crippen molar-refractivity contribution in [1.29, 1.82) is 0 Å². The van der Waals surface area contributed by atoms with Crippen LogP contribution in [0.2, 0.25) is 0 Å². The third-order valence-corrected chi connectivity index (χ3v) is 6.90. The quantitative estimate of drug-likeness (QED) is 0.0919. The third-order valence-electron chi connectivity index (χ3n) is 6.90. The second-order valence-electron chi connectivity index (χ2n) is 10.5. The molecule has 0 unspecified atom stereocenters. The van der Waals surface area contributed by atoms with E-state index in [4.69, 9.17) is 18.9 Å². The van der Waals surface area contributed by atoms with E-state index in [1.165, 1.54) is 0 Å². The van der Waals surface area contributed by atoms with Gasteiger partial charge in [-0.25, -0.2) is 19.2 Å². The monoisotopic (exact) mass is 664 g/mol. The fourth-order valence-electron chi connectivity index (χ4n) is 4.98. The Kier molecular flexibility index (Phi) is 13.4. The third kappa shape index (κ3) is 8.06. The predicted octanol–water partition coefficient (Wildman–Crippen LogP) is 7.63. The summed E-state index contributed by atoms with van der Waals surface area (Å²) >= 11 is 0. The van der Waals surface area contributed by atoms with Crippen LogP contribution in [-0.4, -0.2) is 70.7 Å². The van der Waals surface area contributed by atoms with Crippen LogP contribution < -0.4 is 18.9 Å². The van der Waals surface area contributed by atoms with E-state index in [9.17, 15) is 39.6 Å². The fraction of sp³-hybridized carbons (Fsp3) is 0.333. The summed E-state index contributed by atoms with van der Waals surface area (Å²) in [6.45, 7) is 8.71. The normalized spacial score (nSPS) is 10.6. The number of fused-ring (bicyclic) bond motifs is 2. The second kappa shape index (κ2) is 17.4. The molecule has 0 aliphatic carbocycles. The smallest absolute Gasteiger partial charge is 0.340 e. The molecule has 48 heavy (non-hydrogen) atoms. The molecule has 0 heterocycles. The highest BCUT2D eigenvalue weighted by molar-refractivity contribution is 6.15. The molecule has 0 spiro atoms. The molecular formula is C36H40O12. The lowest BCUT2D eigenvalue weighted by Gasteiger charge is -2.18. The lowest BCUT2D eigenvalue weighted by Crippen LogP contribution is -2.15. The van der Waals surface area contributed by atoms with E-state index < -0.39 is 23.9 Å². The number of rotatable bonds is 16. The zero-order valence-corrected chi connectivity index (χ0v) is 27.3. The summed E-state index contributed by atoms with van der Waals surface area (Å²) in [7, 11) is 0. The van der Waals surface area contributed by atoms with Gasteiger partial charge in [-0.1, -0.05) is 76.2 Å². The van der Waals surface area contributed by atoms with Crippen molar-refractivity contribution in [2.45, 2.75) is 53.4 Å². The van der Waals surface area contributed by atoms with E-state index in [1.807, 2.05) is 27.7 Å². The summed E-state index contributed by atoms with van der Waals surface area (Å²) in [5, 5.41) is 40.5. The molecule has 256 valence electrons. The molecular weight excluding hydrogens is 624 g/mol. The average molecular weight is 665 g/mol. The summed E-state index contributed by atoms with van der Waals surface area (Å²) in [6, 6.07) is 13.8. The molecule has 0 amide bonds. The second-order valence-corrected chi connectivity index (χ2v) is 10.5. The van der Waals surface area contributed by atoms with Gasteiger partial charge in [-0.15, -0.1) is 0 Å². The Morgan fingerprint density at radius 1 is 0.417 bits per heavy atom. The lowest BCUT2D eigenvalue weighted by atomic mass is 9.97. The average Bonchev–Trinajstić information content (AvgIpc) is 3.07. The largest absolute Gasteiger partial charge is 0.492 e. The van der Waals surface area contributed by atoms with E-state index in [0.29, 0.717) is 73.7 Å². The van der Waals surface area contributed by atoms with Crippen LogP contribution in [-0.2, 0) is 0 Å². The van der Waals surface area contributed by atoms with Crippen LogP contribution in [0.3, 0.4) is 0 Å². The maximum atomic E-state index is 11.8. The van der Waals surface area contributed by atoms with Gasteiger partial charge in [-0.05, 0) is 25.7 Å². The Morgan fingerprint density at radius 2 is 0.604 bits per heavy atom. The topological polar surface area (TPSA) is 186 Å². The zero-order valence-electron chi connectivity index (χ0n) is 27.3. The van der Waals surface area contributed by atoms with Gasteiger partial charge >= 0.3 is 23.9 Å². The molecule has 0 fully saturated rings. The number of hydrogen-bond donors (Lipinski definition) is 4. The molecule has 4 N–H and O–H groups in total. The standard InChI is InChI=1S/2C18H20O6/c2*1-3-9-23-15-11-7-5-6-8-12(11)16(24-10-4-2)14(18(21)22)13(15)17(19)20/h2*5-8H,3-4,9-10H2,1-2H3,(H,19,20)(H,21,22). The van der Waals surface area contributed by atoms with Crippen molar-refractivity contribution in [2.24, 2.45) is 0 Å². The highest BCUT2D eigenvalue weighted by Crippen LogP contribution is 2.42. The molecule has 12 heteroatoms. The first-order valence-corrected chi connectivity index (χ1v) is 15.7. The molecule has 4 aromatic rings. The van der Waals surface area contributed by atoms with Crippen molar-refractivity contribution in [3.63, 3.8) is 0 Å². The highest BCUT2D eigenvalue weighted by atomic mass is 16.5. The SMILES string of the molecule is CCCOc1c(C(=O)O)c(C(=O)O)c(OCCC)c2ccccc12.CCCOc1c(C(=O)O)c(C(=O)O)c(OCCC)c2ccccc12. The van der Waals surface area contributed by atoms with E-state index in [1.54, 1.807) is 48.5 Å². The Bertz CT molecular complexity index is 1530. The first-order valence-electron chi connectivity index (χ1n) is 15.7. The van der Waals surface area contributed by atoms with Crippen LogP contribution in [0.4, 0.5) is 0 Å². The maximum Gasteiger partial charge on any atom is 0.340 e. The summed E-state index contributed by atoms with van der Waals surface area (Å²) in [4.78, 5) is 47.1. The van der Waals surface area contributed by atoms with Crippen LogP contribution in [0.25, 0.3) is 21.5 Å². The molecule has 4 rings (SSSR count). The molecule has 0 atom stereocenters. The Labute approximate surface area is 277 Å². The molecule has 0 aliphatic heterocycles. The predicted molar refractivity (Wildman–Crippen MR) is 179 cm³/mol. The summed E-state index contributed by atoms with van der Waals surface area (Å²) < 4.78 is 22.4. The summed E-state index contributed by atoms with van der Waals surface area (Å²) in [6.07, 6.45) is 2.68. The Balaban J connectivity index is 0.000000260. The molecule has 0 saturated heterocycles. The van der Waals surface area contributed by atoms with Gasteiger partial charge in [0.15, 0.2) is 0 Å². The van der Waals surface area contributed by atoms with Gasteiger partial charge in [0.25, 0.3) is 0 Å². The van der Waals surface area contributed by atoms with Crippen molar-refractivity contribution in [1.82, 2.24) is 0 Å². The van der Waals surface area contributed by atoms with Crippen molar-refractivity contribution in [3.8, 4) is 23.0 Å². The maximum absolute atomic E-state index is 11.8. The molecule has 0 aliphatic rings. The Morgan fingerprint density at radius 3 is 0.750 bits per heavy atom. The molecule has 0 radical (unpaired) electrons. The van der Waals surface area contributed by atoms with Gasteiger partial charge in [0.05, 0.1) is 26.4 Å². The first-order chi connectivity index (χ1) is 23.0. The van der Waals surface area contributed by atoms with E-state index in [2.05, 4.69) is 0 Å². The van der Waals surface area contributed by atoms with Crippen LogP contribution in [0.5, 0.6) is 23.0 Å². The van der Waals surface area contributed by atoms with E-state index in [-0.39, 0.29) is 45.3 Å². The molecule has 0 saturated carbocycles. The molecule has 0 bridgehead atoms. The minimum Gasteiger partial charge on any atom is -0.492 e.